The minimum Gasteiger partial charge on any atom is -0.361 e. The number of aryl methyl sites for hydroxylation is 2. The maximum absolute atomic E-state index is 12.9. The number of nitrogens with zero attached hydrogens (tertiary/aromatic N) is 3. The van der Waals surface area contributed by atoms with Crippen molar-refractivity contribution in [1.29, 1.82) is 0 Å². The fraction of sp³-hybridized carbons (Fsp3) is 0.375. The van der Waals surface area contributed by atoms with Crippen LogP contribution in [0.3, 0.4) is 0 Å². The highest BCUT2D eigenvalue weighted by Gasteiger charge is 2.24. The van der Waals surface area contributed by atoms with E-state index in [0.717, 1.165) is 12.2 Å². The van der Waals surface area contributed by atoms with Gasteiger partial charge in [0.25, 0.3) is 5.91 Å². The first kappa shape index (κ1) is 15.3. The van der Waals surface area contributed by atoms with E-state index in [4.69, 9.17) is 4.52 Å². The number of anilines is 1. The van der Waals surface area contributed by atoms with Crippen molar-refractivity contribution in [2.45, 2.75) is 13.8 Å². The van der Waals surface area contributed by atoms with E-state index in [-0.39, 0.29) is 5.91 Å². The average molecular weight is 287 g/mol. The summed E-state index contributed by atoms with van der Waals surface area (Å²) in [6.45, 7) is 4.95. The summed E-state index contributed by atoms with van der Waals surface area (Å²) in [4.78, 5) is 16.7. The Hall–Kier alpha value is -2.14. The zero-order valence-corrected chi connectivity index (χ0v) is 13.0. The number of carbonyl (C=O) groups is 1. The van der Waals surface area contributed by atoms with Crippen LogP contribution in [0.2, 0.25) is 0 Å². The highest BCUT2D eigenvalue weighted by atomic mass is 16.5. The van der Waals surface area contributed by atoms with Gasteiger partial charge in [-0.3, -0.25) is 4.79 Å². The Morgan fingerprint density at radius 3 is 2.33 bits per heavy atom. The van der Waals surface area contributed by atoms with Crippen LogP contribution in [-0.4, -0.2) is 43.1 Å². The number of aromatic nitrogens is 1. The van der Waals surface area contributed by atoms with E-state index in [2.05, 4.69) is 10.1 Å². The molecule has 0 aliphatic heterocycles. The molecule has 0 aliphatic rings. The van der Waals surface area contributed by atoms with Gasteiger partial charge in [-0.1, -0.05) is 23.4 Å². The van der Waals surface area contributed by atoms with Crippen molar-refractivity contribution in [3.8, 4) is 0 Å². The maximum Gasteiger partial charge on any atom is 0.263 e. The topological polar surface area (TPSA) is 49.6 Å². The lowest BCUT2D eigenvalue weighted by atomic mass is 10.1. The Morgan fingerprint density at radius 1 is 1.14 bits per heavy atom. The quantitative estimate of drug-likeness (QED) is 0.848. The monoisotopic (exact) mass is 287 g/mol. The SMILES string of the molecule is Cc1noc(C)c1C(=O)N(CCN(C)C)c1ccccc1. The van der Waals surface area contributed by atoms with E-state index >= 15 is 0 Å². The van der Waals surface area contributed by atoms with Crippen molar-refractivity contribution < 1.29 is 9.32 Å². The van der Waals surface area contributed by atoms with Gasteiger partial charge >= 0.3 is 0 Å². The van der Waals surface area contributed by atoms with Gasteiger partial charge in [0.2, 0.25) is 0 Å². The number of carbonyl (C=O) groups excluding carboxylic acids is 1. The Kier molecular flexibility index (Phi) is 4.75. The predicted molar refractivity (Wildman–Crippen MR) is 82.6 cm³/mol. The first-order valence-electron chi connectivity index (χ1n) is 6.95. The van der Waals surface area contributed by atoms with Gasteiger partial charge in [0.1, 0.15) is 11.3 Å². The van der Waals surface area contributed by atoms with Gasteiger partial charge in [0.05, 0.1) is 5.69 Å². The molecule has 0 radical (unpaired) electrons. The van der Waals surface area contributed by atoms with Gasteiger partial charge in [0, 0.05) is 18.8 Å². The van der Waals surface area contributed by atoms with E-state index < -0.39 is 0 Å². The van der Waals surface area contributed by atoms with Crippen LogP contribution in [0.4, 0.5) is 5.69 Å². The number of amides is 1. The molecular formula is C16H21N3O2. The van der Waals surface area contributed by atoms with Crippen LogP contribution >= 0.6 is 0 Å². The first-order chi connectivity index (χ1) is 10.0. The second-order valence-corrected chi connectivity index (χ2v) is 5.29. The molecule has 0 spiro atoms. The van der Waals surface area contributed by atoms with Crippen LogP contribution in [0.15, 0.2) is 34.9 Å². The number of benzene rings is 1. The van der Waals surface area contributed by atoms with Crippen LogP contribution in [-0.2, 0) is 0 Å². The molecule has 0 bridgehead atoms. The van der Waals surface area contributed by atoms with E-state index in [9.17, 15) is 4.79 Å². The van der Waals surface area contributed by atoms with Crippen molar-refractivity contribution >= 4 is 11.6 Å². The molecule has 0 unspecified atom stereocenters. The first-order valence-corrected chi connectivity index (χ1v) is 6.95. The molecule has 0 saturated carbocycles. The Bertz CT molecular complexity index is 586. The standard InChI is InChI=1S/C16H21N3O2/c1-12-15(13(2)21-17-12)16(20)19(11-10-18(3)4)14-8-6-5-7-9-14/h5-9H,10-11H2,1-4H3. The molecule has 2 aromatic rings. The summed E-state index contributed by atoms with van der Waals surface area (Å²) in [6, 6.07) is 9.67. The van der Waals surface area contributed by atoms with Gasteiger partial charge in [-0.15, -0.1) is 0 Å². The van der Waals surface area contributed by atoms with Crippen LogP contribution in [0.1, 0.15) is 21.8 Å². The van der Waals surface area contributed by atoms with Crippen LogP contribution < -0.4 is 4.90 Å². The highest BCUT2D eigenvalue weighted by Crippen LogP contribution is 2.20. The number of hydrogen-bond acceptors (Lipinski definition) is 4. The van der Waals surface area contributed by atoms with Crippen molar-refractivity contribution in [2.75, 3.05) is 32.1 Å². The predicted octanol–water partition coefficient (Wildman–Crippen LogP) is 2.50. The van der Waals surface area contributed by atoms with Gasteiger partial charge < -0.3 is 14.3 Å². The van der Waals surface area contributed by atoms with Gasteiger partial charge in [-0.2, -0.15) is 0 Å². The van der Waals surface area contributed by atoms with E-state index in [1.807, 2.05) is 44.4 Å². The molecule has 21 heavy (non-hydrogen) atoms. The summed E-state index contributed by atoms with van der Waals surface area (Å²) in [7, 11) is 3.98. The molecule has 1 aromatic heterocycles. The van der Waals surface area contributed by atoms with Crippen molar-refractivity contribution in [1.82, 2.24) is 10.1 Å². The van der Waals surface area contributed by atoms with Gasteiger partial charge in [0.15, 0.2) is 0 Å². The fourth-order valence-electron chi connectivity index (χ4n) is 2.18. The molecule has 0 aliphatic carbocycles. The second kappa shape index (κ2) is 6.54. The summed E-state index contributed by atoms with van der Waals surface area (Å²) < 4.78 is 5.12. The minimum absolute atomic E-state index is 0.0701. The summed E-state index contributed by atoms with van der Waals surface area (Å²) in [6.07, 6.45) is 0. The molecule has 1 amide bonds. The average Bonchev–Trinajstić information content (AvgIpc) is 2.79. The summed E-state index contributed by atoms with van der Waals surface area (Å²) in [5.41, 5.74) is 2.06. The molecule has 0 saturated heterocycles. The number of hydrogen-bond donors (Lipinski definition) is 0. The van der Waals surface area contributed by atoms with Crippen LogP contribution in [0.25, 0.3) is 0 Å². The molecule has 0 atom stereocenters. The van der Waals surface area contributed by atoms with E-state index in [0.29, 0.717) is 23.6 Å². The maximum atomic E-state index is 12.9. The normalized spacial score (nSPS) is 10.9. The van der Waals surface area contributed by atoms with E-state index in [1.165, 1.54) is 0 Å². The largest absolute Gasteiger partial charge is 0.361 e. The molecule has 5 heteroatoms. The molecule has 1 aromatic carbocycles. The Morgan fingerprint density at radius 2 is 1.81 bits per heavy atom. The van der Waals surface area contributed by atoms with Crippen LogP contribution in [0.5, 0.6) is 0 Å². The zero-order valence-electron chi connectivity index (χ0n) is 13.0. The second-order valence-electron chi connectivity index (χ2n) is 5.29. The molecule has 1 heterocycles. The third-order valence-corrected chi connectivity index (χ3v) is 3.33. The Balaban J connectivity index is 2.33. The summed E-state index contributed by atoms with van der Waals surface area (Å²) >= 11 is 0. The highest BCUT2D eigenvalue weighted by molar-refractivity contribution is 6.07. The molecule has 0 fully saturated rings. The van der Waals surface area contributed by atoms with Crippen molar-refractivity contribution in [3.05, 3.63) is 47.3 Å². The number of para-hydroxylation sites is 1. The fourth-order valence-corrected chi connectivity index (χ4v) is 2.18. The molecule has 5 nitrogen and oxygen atoms in total. The molecule has 2 rings (SSSR count). The lowest BCUT2D eigenvalue weighted by molar-refractivity contribution is 0.0983. The molecular weight excluding hydrogens is 266 g/mol. The third kappa shape index (κ3) is 3.49. The number of rotatable bonds is 5. The number of likely N-dealkylation sites (N-methyl/N-ethyl adjacent to an activating group) is 1. The third-order valence-electron chi connectivity index (χ3n) is 3.33. The summed E-state index contributed by atoms with van der Waals surface area (Å²) in [5.74, 6) is 0.489. The summed E-state index contributed by atoms with van der Waals surface area (Å²) in [5, 5.41) is 3.88. The van der Waals surface area contributed by atoms with Crippen molar-refractivity contribution in [3.63, 3.8) is 0 Å². The lowest BCUT2D eigenvalue weighted by Crippen LogP contribution is -2.37. The molecule has 112 valence electrons. The molecule has 0 N–H and O–H groups in total. The van der Waals surface area contributed by atoms with Crippen molar-refractivity contribution in [2.24, 2.45) is 0 Å². The lowest BCUT2D eigenvalue weighted by Gasteiger charge is -2.24. The van der Waals surface area contributed by atoms with Crippen LogP contribution in [0, 0.1) is 13.8 Å². The smallest absolute Gasteiger partial charge is 0.263 e. The Labute approximate surface area is 125 Å². The minimum atomic E-state index is -0.0701. The zero-order chi connectivity index (χ0) is 15.4. The van der Waals surface area contributed by atoms with Gasteiger partial charge in [-0.25, -0.2) is 0 Å². The van der Waals surface area contributed by atoms with Gasteiger partial charge in [-0.05, 0) is 40.1 Å². The van der Waals surface area contributed by atoms with E-state index in [1.54, 1.807) is 18.7 Å².